The number of halogens is 1. The molecule has 0 atom stereocenters. The fraction of sp³-hybridized carbons (Fsp3) is 0.938. The number of aliphatic imine (C=N–C) groups is 1. The summed E-state index contributed by atoms with van der Waals surface area (Å²) >= 11 is 0. The molecule has 0 spiro atoms. The van der Waals surface area contributed by atoms with Crippen LogP contribution in [0.15, 0.2) is 4.99 Å². The smallest absolute Gasteiger partial charge is 0.211 e. The molecule has 1 aliphatic rings. The highest BCUT2D eigenvalue weighted by molar-refractivity contribution is 14.0. The SMILES string of the molecule is CCNC(=NCCCN(CC)S(C)(=O)=O)N(C)CCOCC1CC1.I. The van der Waals surface area contributed by atoms with Crippen LogP contribution in [0.1, 0.15) is 33.1 Å². The first-order chi connectivity index (χ1) is 11.4. The number of nitrogens with zero attached hydrogens (tertiary/aromatic N) is 3. The van der Waals surface area contributed by atoms with Crippen molar-refractivity contribution in [1.82, 2.24) is 14.5 Å². The van der Waals surface area contributed by atoms with Crippen molar-refractivity contribution in [2.45, 2.75) is 33.1 Å². The van der Waals surface area contributed by atoms with Crippen LogP contribution in [0.5, 0.6) is 0 Å². The van der Waals surface area contributed by atoms with Gasteiger partial charge < -0.3 is 15.0 Å². The molecule has 0 aromatic heterocycles. The number of sulfonamides is 1. The van der Waals surface area contributed by atoms with Crippen molar-refractivity contribution in [1.29, 1.82) is 0 Å². The molecule has 0 amide bonds. The highest BCUT2D eigenvalue weighted by Gasteiger charge is 2.21. The molecule has 7 nitrogen and oxygen atoms in total. The molecule has 9 heteroatoms. The second kappa shape index (κ2) is 13.1. The van der Waals surface area contributed by atoms with Crippen LogP contribution in [-0.2, 0) is 14.8 Å². The van der Waals surface area contributed by atoms with Gasteiger partial charge in [0, 0.05) is 46.4 Å². The van der Waals surface area contributed by atoms with Gasteiger partial charge in [-0.3, -0.25) is 4.99 Å². The first-order valence-corrected chi connectivity index (χ1v) is 10.8. The average Bonchev–Trinajstić information content (AvgIpc) is 3.33. The molecule has 1 fully saturated rings. The number of guanidine groups is 1. The summed E-state index contributed by atoms with van der Waals surface area (Å²) in [5.74, 6) is 1.63. The van der Waals surface area contributed by atoms with Gasteiger partial charge in [0.2, 0.25) is 10.0 Å². The summed E-state index contributed by atoms with van der Waals surface area (Å²) in [6.45, 7) is 8.67. The molecule has 0 saturated heterocycles. The zero-order valence-corrected chi connectivity index (χ0v) is 19.2. The summed E-state index contributed by atoms with van der Waals surface area (Å²) in [5.41, 5.74) is 0. The summed E-state index contributed by atoms with van der Waals surface area (Å²) in [6.07, 6.45) is 4.57. The van der Waals surface area contributed by atoms with Crippen LogP contribution >= 0.6 is 24.0 Å². The first-order valence-electron chi connectivity index (χ1n) is 8.90. The van der Waals surface area contributed by atoms with Crippen LogP contribution in [0, 0.1) is 5.92 Å². The molecule has 25 heavy (non-hydrogen) atoms. The standard InChI is InChI=1S/C16H34N4O3S.HI/c1-5-17-16(19(3)12-13-23-14-15-8-9-15)18-10-7-11-20(6-2)24(4,21)22;/h15H,5-14H2,1-4H3,(H,17,18);1H. The summed E-state index contributed by atoms with van der Waals surface area (Å²) in [4.78, 5) is 6.64. The van der Waals surface area contributed by atoms with Gasteiger partial charge in [0.1, 0.15) is 0 Å². The minimum Gasteiger partial charge on any atom is -0.379 e. The molecule has 1 rings (SSSR count). The lowest BCUT2D eigenvalue weighted by atomic mass is 10.4. The van der Waals surface area contributed by atoms with E-state index in [1.54, 1.807) is 0 Å². The van der Waals surface area contributed by atoms with Crippen molar-refractivity contribution in [2.75, 3.05) is 59.2 Å². The molecule has 0 bridgehead atoms. The lowest BCUT2D eigenvalue weighted by Crippen LogP contribution is -2.40. The van der Waals surface area contributed by atoms with E-state index in [0.29, 0.717) is 32.7 Å². The summed E-state index contributed by atoms with van der Waals surface area (Å²) in [6, 6.07) is 0. The summed E-state index contributed by atoms with van der Waals surface area (Å²) < 4.78 is 30.3. The normalized spacial score (nSPS) is 15.2. The Balaban J connectivity index is 0.00000576. The topological polar surface area (TPSA) is 74.2 Å². The van der Waals surface area contributed by atoms with Crippen molar-refractivity contribution < 1.29 is 13.2 Å². The van der Waals surface area contributed by atoms with Crippen LogP contribution in [0.2, 0.25) is 0 Å². The van der Waals surface area contributed by atoms with Crippen molar-refractivity contribution in [2.24, 2.45) is 10.9 Å². The second-order valence-electron chi connectivity index (χ2n) is 6.28. The van der Waals surface area contributed by atoms with Gasteiger partial charge in [0.05, 0.1) is 12.9 Å². The molecule has 0 radical (unpaired) electrons. The largest absolute Gasteiger partial charge is 0.379 e. The van der Waals surface area contributed by atoms with E-state index < -0.39 is 10.0 Å². The molecular formula is C16H35IN4O3S. The van der Waals surface area contributed by atoms with Crippen LogP contribution in [0.25, 0.3) is 0 Å². The predicted octanol–water partition coefficient (Wildman–Crippen LogP) is 1.60. The molecular weight excluding hydrogens is 455 g/mol. The third-order valence-electron chi connectivity index (χ3n) is 3.97. The van der Waals surface area contributed by atoms with Gasteiger partial charge in [-0.1, -0.05) is 6.92 Å². The Labute approximate surface area is 170 Å². The number of ether oxygens (including phenoxy) is 1. The van der Waals surface area contributed by atoms with Gasteiger partial charge in [-0.15, -0.1) is 24.0 Å². The van der Waals surface area contributed by atoms with E-state index in [1.807, 2.05) is 20.9 Å². The molecule has 0 heterocycles. The highest BCUT2D eigenvalue weighted by Crippen LogP contribution is 2.28. The minimum absolute atomic E-state index is 0. The number of rotatable bonds is 12. The lowest BCUT2D eigenvalue weighted by molar-refractivity contribution is 0.115. The van der Waals surface area contributed by atoms with E-state index in [9.17, 15) is 8.42 Å². The minimum atomic E-state index is -3.12. The predicted molar refractivity (Wildman–Crippen MR) is 114 cm³/mol. The van der Waals surface area contributed by atoms with Crippen molar-refractivity contribution in [3.05, 3.63) is 0 Å². The van der Waals surface area contributed by atoms with Gasteiger partial charge in [0.25, 0.3) is 0 Å². The highest BCUT2D eigenvalue weighted by atomic mass is 127. The third-order valence-corrected chi connectivity index (χ3v) is 5.35. The number of hydrogen-bond donors (Lipinski definition) is 1. The summed E-state index contributed by atoms with van der Waals surface area (Å²) in [7, 11) is -1.12. The molecule has 0 aliphatic heterocycles. The molecule has 0 unspecified atom stereocenters. The number of hydrogen-bond acceptors (Lipinski definition) is 4. The maximum Gasteiger partial charge on any atom is 0.211 e. The quantitative estimate of drug-likeness (QED) is 0.195. The molecule has 0 aromatic carbocycles. The fourth-order valence-corrected chi connectivity index (χ4v) is 3.23. The zero-order chi connectivity index (χ0) is 18.0. The van der Waals surface area contributed by atoms with Crippen molar-refractivity contribution >= 4 is 40.0 Å². The van der Waals surface area contributed by atoms with E-state index in [2.05, 4.69) is 15.2 Å². The van der Waals surface area contributed by atoms with Gasteiger partial charge >= 0.3 is 0 Å². The van der Waals surface area contributed by atoms with E-state index in [4.69, 9.17) is 4.74 Å². The summed E-state index contributed by atoms with van der Waals surface area (Å²) in [5, 5.41) is 3.27. The Kier molecular flexibility index (Phi) is 13.0. The van der Waals surface area contributed by atoms with Gasteiger partial charge in [-0.2, -0.15) is 0 Å². The average molecular weight is 490 g/mol. The van der Waals surface area contributed by atoms with Crippen LogP contribution in [-0.4, -0.2) is 82.8 Å². The number of likely N-dealkylation sites (N-methyl/N-ethyl adjacent to an activating group) is 1. The molecule has 1 aliphatic carbocycles. The fourth-order valence-electron chi connectivity index (χ4n) is 2.30. The van der Waals surface area contributed by atoms with Crippen molar-refractivity contribution in [3.8, 4) is 0 Å². The van der Waals surface area contributed by atoms with Crippen LogP contribution in [0.3, 0.4) is 0 Å². The Morgan fingerprint density at radius 1 is 1.28 bits per heavy atom. The van der Waals surface area contributed by atoms with E-state index >= 15 is 0 Å². The molecule has 1 N–H and O–H groups in total. The van der Waals surface area contributed by atoms with Crippen LogP contribution < -0.4 is 5.32 Å². The maximum absolute atomic E-state index is 11.6. The van der Waals surface area contributed by atoms with E-state index in [-0.39, 0.29) is 24.0 Å². The van der Waals surface area contributed by atoms with Gasteiger partial charge in [0.15, 0.2) is 5.96 Å². The number of nitrogens with one attached hydrogen (secondary N) is 1. The first kappa shape index (κ1) is 24.9. The van der Waals surface area contributed by atoms with Crippen LogP contribution in [0.4, 0.5) is 0 Å². The Morgan fingerprint density at radius 2 is 1.96 bits per heavy atom. The van der Waals surface area contributed by atoms with Crippen molar-refractivity contribution in [3.63, 3.8) is 0 Å². The van der Waals surface area contributed by atoms with E-state index in [0.717, 1.165) is 31.6 Å². The monoisotopic (exact) mass is 490 g/mol. The van der Waals surface area contributed by atoms with Gasteiger partial charge in [-0.25, -0.2) is 12.7 Å². The molecule has 150 valence electrons. The zero-order valence-electron chi connectivity index (χ0n) is 16.0. The third kappa shape index (κ3) is 11.2. The molecule has 0 aromatic rings. The Hall–Kier alpha value is -0.130. The second-order valence-corrected chi connectivity index (χ2v) is 8.27. The maximum atomic E-state index is 11.6. The Morgan fingerprint density at radius 3 is 2.48 bits per heavy atom. The van der Waals surface area contributed by atoms with Gasteiger partial charge in [-0.05, 0) is 32.1 Å². The lowest BCUT2D eigenvalue weighted by Gasteiger charge is -2.22. The Bertz CT molecular complexity index is 484. The van der Waals surface area contributed by atoms with E-state index in [1.165, 1.54) is 23.4 Å². The molecule has 1 saturated carbocycles.